The Labute approximate surface area is 199 Å². The summed E-state index contributed by atoms with van der Waals surface area (Å²) < 4.78 is 2.10. The van der Waals surface area contributed by atoms with E-state index < -0.39 is 0 Å². The fraction of sp³-hybridized carbons (Fsp3) is 0.344. The number of fused-ring (bicyclic) bond motifs is 4. The standard InChI is InChI=1S/C32H38N/c1-21-24-10-11-25-17-28(32(6,7)8)20-29(22(25)2)30(23-12-14-33(9)15-13-23)19-26(21)18-27(16-24)31(3,4)5/h10-20H,1-9H3/q+1. The Balaban J connectivity index is 2.27. The number of benzene rings is 2. The van der Waals surface area contributed by atoms with Gasteiger partial charge in [-0.2, -0.15) is 0 Å². The highest BCUT2D eigenvalue weighted by Gasteiger charge is 2.18. The van der Waals surface area contributed by atoms with Gasteiger partial charge in [-0.15, -0.1) is 0 Å². The van der Waals surface area contributed by atoms with Gasteiger partial charge in [0.15, 0.2) is 12.4 Å². The molecule has 4 aromatic rings. The van der Waals surface area contributed by atoms with Crippen LogP contribution >= 0.6 is 0 Å². The first kappa shape index (κ1) is 23.2. The molecule has 0 fully saturated rings. The summed E-state index contributed by atoms with van der Waals surface area (Å²) in [6.45, 7) is 18.3. The molecule has 1 heterocycles. The summed E-state index contributed by atoms with van der Waals surface area (Å²) in [5, 5.41) is 5.22. The summed E-state index contributed by atoms with van der Waals surface area (Å²) in [4.78, 5) is 0. The largest absolute Gasteiger partial charge is 0.208 e. The van der Waals surface area contributed by atoms with Crippen LogP contribution in [0.25, 0.3) is 32.7 Å². The highest BCUT2D eigenvalue weighted by Crippen LogP contribution is 2.36. The van der Waals surface area contributed by atoms with Crippen molar-refractivity contribution in [3.8, 4) is 11.1 Å². The molecule has 0 spiro atoms. The van der Waals surface area contributed by atoms with Crippen molar-refractivity contribution in [3.05, 3.63) is 89.2 Å². The quantitative estimate of drug-likeness (QED) is 0.264. The maximum atomic E-state index is 2.42. The lowest BCUT2D eigenvalue weighted by Gasteiger charge is -2.22. The lowest BCUT2D eigenvalue weighted by atomic mass is 9.82. The second-order valence-corrected chi connectivity index (χ2v) is 11.7. The van der Waals surface area contributed by atoms with Gasteiger partial charge >= 0.3 is 0 Å². The smallest absolute Gasteiger partial charge is 0.169 e. The summed E-state index contributed by atoms with van der Waals surface area (Å²) in [6.07, 6.45) is 4.28. The molecule has 0 aliphatic rings. The lowest BCUT2D eigenvalue weighted by Crippen LogP contribution is -2.25. The molecule has 0 saturated carbocycles. The fourth-order valence-corrected chi connectivity index (χ4v) is 4.47. The van der Waals surface area contributed by atoms with E-state index in [1.807, 2.05) is 0 Å². The minimum absolute atomic E-state index is 0.0764. The Morgan fingerprint density at radius 1 is 0.576 bits per heavy atom. The van der Waals surface area contributed by atoms with E-state index in [1.165, 1.54) is 54.9 Å². The van der Waals surface area contributed by atoms with Gasteiger partial charge in [-0.05, 0) is 85.7 Å². The molecule has 0 amide bonds. The Kier molecular flexibility index (Phi) is 5.73. The Bertz CT molecular complexity index is 1380. The number of aryl methyl sites for hydroxylation is 3. The van der Waals surface area contributed by atoms with E-state index in [0.29, 0.717) is 0 Å². The summed E-state index contributed by atoms with van der Waals surface area (Å²) in [7, 11) is 2.07. The van der Waals surface area contributed by atoms with E-state index in [1.54, 1.807) is 0 Å². The first-order valence-electron chi connectivity index (χ1n) is 12.0. The van der Waals surface area contributed by atoms with Crippen molar-refractivity contribution in [1.29, 1.82) is 0 Å². The van der Waals surface area contributed by atoms with Gasteiger partial charge in [0.1, 0.15) is 7.05 Å². The van der Waals surface area contributed by atoms with E-state index >= 15 is 0 Å². The minimum Gasteiger partial charge on any atom is -0.208 e. The van der Waals surface area contributed by atoms with Crippen LogP contribution in [0.3, 0.4) is 0 Å². The third-order valence-electron chi connectivity index (χ3n) is 6.99. The Hall–Kier alpha value is -2.93. The maximum absolute atomic E-state index is 2.42. The predicted octanol–water partition coefficient (Wildman–Crippen LogP) is 8.26. The van der Waals surface area contributed by atoms with Gasteiger partial charge in [0.25, 0.3) is 0 Å². The summed E-state index contributed by atoms with van der Waals surface area (Å²) in [6, 6.07) is 21.1. The highest BCUT2D eigenvalue weighted by molar-refractivity contribution is 5.93. The van der Waals surface area contributed by atoms with Crippen molar-refractivity contribution >= 4 is 21.5 Å². The highest BCUT2D eigenvalue weighted by atomic mass is 14.9. The molecule has 0 aliphatic carbocycles. The zero-order valence-corrected chi connectivity index (χ0v) is 21.8. The van der Waals surface area contributed by atoms with E-state index in [2.05, 4.69) is 134 Å². The monoisotopic (exact) mass is 436 g/mol. The molecule has 0 atom stereocenters. The van der Waals surface area contributed by atoms with Gasteiger partial charge in [0.05, 0.1) is 0 Å². The Morgan fingerprint density at radius 3 is 1.61 bits per heavy atom. The van der Waals surface area contributed by atoms with Crippen LogP contribution in [0.1, 0.15) is 63.8 Å². The van der Waals surface area contributed by atoms with E-state index in [0.717, 1.165) is 0 Å². The van der Waals surface area contributed by atoms with E-state index in [9.17, 15) is 0 Å². The Morgan fingerprint density at radius 2 is 1.06 bits per heavy atom. The average molecular weight is 437 g/mol. The van der Waals surface area contributed by atoms with Gasteiger partial charge in [-0.25, -0.2) is 4.57 Å². The molecule has 0 radical (unpaired) electrons. The molecule has 1 nitrogen and oxygen atoms in total. The van der Waals surface area contributed by atoms with Gasteiger partial charge < -0.3 is 0 Å². The average Bonchev–Trinajstić information content (AvgIpc) is 2.71. The third kappa shape index (κ3) is 4.60. The molecule has 4 bridgehead atoms. The van der Waals surface area contributed by atoms with Crippen molar-refractivity contribution in [3.63, 3.8) is 0 Å². The van der Waals surface area contributed by atoms with Crippen LogP contribution in [0.4, 0.5) is 0 Å². The summed E-state index contributed by atoms with van der Waals surface area (Å²) >= 11 is 0. The number of pyridine rings is 1. The van der Waals surface area contributed by atoms with Crippen molar-refractivity contribution in [2.24, 2.45) is 7.05 Å². The number of aromatic nitrogens is 1. The van der Waals surface area contributed by atoms with Crippen molar-refractivity contribution in [1.82, 2.24) is 0 Å². The fourth-order valence-electron chi connectivity index (χ4n) is 4.47. The zero-order chi connectivity index (χ0) is 24.1. The molecule has 0 N–H and O–H groups in total. The van der Waals surface area contributed by atoms with Crippen molar-refractivity contribution in [2.75, 3.05) is 0 Å². The van der Waals surface area contributed by atoms with E-state index in [-0.39, 0.29) is 10.8 Å². The number of hydrogen-bond donors (Lipinski definition) is 0. The topological polar surface area (TPSA) is 3.88 Å². The summed E-state index contributed by atoms with van der Waals surface area (Å²) in [5.41, 5.74) is 8.10. The van der Waals surface area contributed by atoms with Crippen LogP contribution < -0.4 is 4.57 Å². The van der Waals surface area contributed by atoms with Crippen molar-refractivity contribution in [2.45, 2.75) is 66.2 Å². The molecule has 0 unspecified atom stereocenters. The molecule has 0 aliphatic heterocycles. The molecule has 1 heteroatoms. The molecular weight excluding hydrogens is 398 g/mol. The molecule has 4 rings (SSSR count). The van der Waals surface area contributed by atoms with Gasteiger partial charge in [-0.3, -0.25) is 0 Å². The zero-order valence-electron chi connectivity index (χ0n) is 21.8. The number of nitrogens with zero attached hydrogens (tertiary/aromatic N) is 1. The second kappa shape index (κ2) is 8.13. The van der Waals surface area contributed by atoms with Crippen LogP contribution in [-0.4, -0.2) is 0 Å². The number of rotatable bonds is 1. The molecular formula is C32H38N+. The SMILES string of the molecule is Cc1c2ccc3cc(C(C)(C)C)cc(c(-c4cc[n+](C)cc4)cc1cc(C(C)(C)C)c2)c3C. The summed E-state index contributed by atoms with van der Waals surface area (Å²) in [5.74, 6) is 0. The normalized spacial score (nSPS) is 12.4. The maximum Gasteiger partial charge on any atom is 0.169 e. The molecule has 1 aromatic heterocycles. The second-order valence-electron chi connectivity index (χ2n) is 11.7. The molecule has 3 aromatic carbocycles. The lowest BCUT2D eigenvalue weighted by molar-refractivity contribution is -0.671. The minimum atomic E-state index is 0.0764. The van der Waals surface area contributed by atoms with Gasteiger partial charge in [-0.1, -0.05) is 77.9 Å². The predicted molar refractivity (Wildman–Crippen MR) is 144 cm³/mol. The number of hydrogen-bond acceptors (Lipinski definition) is 0. The van der Waals surface area contributed by atoms with Crippen LogP contribution in [-0.2, 0) is 17.9 Å². The van der Waals surface area contributed by atoms with Gasteiger partial charge in [0.2, 0.25) is 0 Å². The first-order valence-corrected chi connectivity index (χ1v) is 12.0. The van der Waals surface area contributed by atoms with Crippen LogP contribution in [0.15, 0.2) is 67.0 Å². The van der Waals surface area contributed by atoms with Crippen LogP contribution in [0.2, 0.25) is 0 Å². The van der Waals surface area contributed by atoms with Gasteiger partial charge in [0, 0.05) is 12.1 Å². The third-order valence-corrected chi connectivity index (χ3v) is 6.99. The van der Waals surface area contributed by atoms with Crippen molar-refractivity contribution < 1.29 is 4.57 Å². The van der Waals surface area contributed by atoms with Crippen LogP contribution in [0.5, 0.6) is 0 Å². The molecule has 170 valence electrons. The molecule has 0 saturated heterocycles. The first-order chi connectivity index (χ1) is 15.3. The van der Waals surface area contributed by atoms with Crippen LogP contribution in [0, 0.1) is 13.8 Å². The van der Waals surface area contributed by atoms with E-state index in [4.69, 9.17) is 0 Å². The molecule has 33 heavy (non-hydrogen) atoms.